The van der Waals surface area contributed by atoms with Crippen molar-refractivity contribution in [3.05, 3.63) is 216 Å². The summed E-state index contributed by atoms with van der Waals surface area (Å²) in [6.45, 7) is 9.66. The predicted octanol–water partition coefficient (Wildman–Crippen LogP) is 17.1. The largest absolute Gasteiger partial charge is 0.135 e. The van der Waals surface area contributed by atoms with Gasteiger partial charge in [0, 0.05) is 36.4 Å². The summed E-state index contributed by atoms with van der Waals surface area (Å²) in [6.07, 6.45) is 0. The first-order chi connectivity index (χ1) is 29.8. The Morgan fingerprint density at radius 3 is 1.59 bits per heavy atom. The second kappa shape index (κ2) is 13.4. The molecule has 2 aliphatic carbocycles. The molecule has 1 aromatic heterocycles. The maximum atomic E-state index is 2.49. The average molecular weight is 797 g/mol. The molecule has 2 aliphatic rings. The second-order valence-corrected chi connectivity index (χ2v) is 19.0. The molecule has 0 aliphatic heterocycles. The normalized spacial score (nSPS) is 14.2. The number of benzene rings is 8. The zero-order valence-electron chi connectivity index (χ0n) is 34.9. The molecule has 1 heteroatoms. The molecule has 0 bridgehead atoms. The van der Waals surface area contributed by atoms with Crippen LogP contribution in [0.15, 0.2) is 194 Å². The summed E-state index contributed by atoms with van der Waals surface area (Å²) < 4.78 is 2.77. The Morgan fingerprint density at radius 2 is 0.852 bits per heavy atom. The van der Waals surface area contributed by atoms with Gasteiger partial charge in [0.05, 0.1) is 0 Å². The molecule has 0 spiro atoms. The molecule has 0 saturated heterocycles. The third-order valence-electron chi connectivity index (χ3n) is 13.9. The molecule has 61 heavy (non-hydrogen) atoms. The van der Waals surface area contributed by atoms with Crippen molar-refractivity contribution in [1.29, 1.82) is 0 Å². The minimum Gasteiger partial charge on any atom is -0.135 e. The summed E-state index contributed by atoms with van der Waals surface area (Å²) in [4.78, 5) is 0. The first kappa shape index (κ1) is 36.1. The van der Waals surface area contributed by atoms with Gasteiger partial charge in [0.25, 0.3) is 0 Å². The van der Waals surface area contributed by atoms with Crippen LogP contribution >= 0.6 is 11.3 Å². The van der Waals surface area contributed by atoms with Gasteiger partial charge in [0.15, 0.2) is 0 Å². The van der Waals surface area contributed by atoms with Crippen molar-refractivity contribution in [3.63, 3.8) is 0 Å². The highest BCUT2D eigenvalue weighted by atomic mass is 32.1. The Balaban J connectivity index is 1.01. The first-order valence-corrected chi connectivity index (χ1v) is 22.3. The lowest BCUT2D eigenvalue weighted by molar-refractivity contribution is 0.660. The molecule has 9 aromatic carbocycles. The SMILES string of the molecule is CC1(C)c2ccc(-c3ccccccc(-c4ccccc4)c4ccccc34)cc2-c2ccc(-c3ccc4c(c3)-c3c(c5c6ccccc6sc5c5ccccc35)C4(C)C)cc21. The molecule has 0 amide bonds. The highest BCUT2D eigenvalue weighted by molar-refractivity contribution is 7.26. The van der Waals surface area contributed by atoms with E-state index in [1.54, 1.807) is 0 Å². The summed E-state index contributed by atoms with van der Waals surface area (Å²) in [5.74, 6) is 0. The van der Waals surface area contributed by atoms with Crippen LogP contribution in [0.25, 0.3) is 97.4 Å². The van der Waals surface area contributed by atoms with E-state index in [4.69, 9.17) is 0 Å². The Labute approximate surface area is 361 Å². The fourth-order valence-electron chi connectivity index (χ4n) is 10.9. The molecule has 10 aromatic rings. The van der Waals surface area contributed by atoms with Gasteiger partial charge >= 0.3 is 0 Å². The molecule has 290 valence electrons. The Kier molecular flexibility index (Phi) is 7.90. The van der Waals surface area contributed by atoms with E-state index >= 15 is 0 Å². The van der Waals surface area contributed by atoms with Crippen LogP contribution in [0.4, 0.5) is 0 Å². The van der Waals surface area contributed by atoms with Crippen molar-refractivity contribution in [2.75, 3.05) is 0 Å². The third-order valence-corrected chi connectivity index (χ3v) is 15.1. The van der Waals surface area contributed by atoms with Crippen LogP contribution in [-0.2, 0) is 10.8 Å². The van der Waals surface area contributed by atoms with E-state index in [0.29, 0.717) is 0 Å². The van der Waals surface area contributed by atoms with E-state index in [1.807, 2.05) is 11.3 Å². The van der Waals surface area contributed by atoms with Crippen molar-refractivity contribution >= 4 is 53.1 Å². The van der Waals surface area contributed by atoms with Crippen LogP contribution in [0.2, 0.25) is 0 Å². The van der Waals surface area contributed by atoms with Crippen molar-refractivity contribution in [2.24, 2.45) is 0 Å². The average Bonchev–Trinajstić information content (AvgIpc) is 3.87. The predicted molar refractivity (Wildman–Crippen MR) is 263 cm³/mol. The molecule has 0 saturated carbocycles. The molecule has 0 fully saturated rings. The number of rotatable bonds is 3. The summed E-state index contributed by atoms with van der Waals surface area (Å²) in [5, 5.41) is 7.97. The van der Waals surface area contributed by atoms with Crippen LogP contribution in [0.1, 0.15) is 49.9 Å². The minimum atomic E-state index is -0.150. The first-order valence-electron chi connectivity index (χ1n) is 21.5. The van der Waals surface area contributed by atoms with Gasteiger partial charge in [-0.3, -0.25) is 0 Å². The van der Waals surface area contributed by atoms with E-state index in [0.717, 1.165) is 0 Å². The topological polar surface area (TPSA) is 0 Å². The highest BCUT2D eigenvalue weighted by Crippen LogP contribution is 2.58. The second-order valence-electron chi connectivity index (χ2n) is 18.0. The maximum Gasteiger partial charge on any atom is 0.0437 e. The molecule has 1 heterocycles. The van der Waals surface area contributed by atoms with Gasteiger partial charge in [-0.05, 0) is 118 Å². The maximum absolute atomic E-state index is 2.49. The van der Waals surface area contributed by atoms with Gasteiger partial charge in [-0.25, -0.2) is 0 Å². The summed E-state index contributed by atoms with van der Waals surface area (Å²) in [7, 11) is 0. The van der Waals surface area contributed by atoms with E-state index in [-0.39, 0.29) is 10.8 Å². The van der Waals surface area contributed by atoms with Gasteiger partial charge in [0.1, 0.15) is 0 Å². The van der Waals surface area contributed by atoms with Crippen LogP contribution < -0.4 is 0 Å². The molecule has 12 rings (SSSR count). The van der Waals surface area contributed by atoms with Crippen LogP contribution in [-0.4, -0.2) is 0 Å². The van der Waals surface area contributed by atoms with Crippen molar-refractivity contribution in [3.8, 4) is 55.6 Å². The summed E-state index contributed by atoms with van der Waals surface area (Å²) >= 11 is 1.94. The van der Waals surface area contributed by atoms with Crippen molar-refractivity contribution in [2.45, 2.75) is 38.5 Å². The van der Waals surface area contributed by atoms with Gasteiger partial charge in [0.2, 0.25) is 0 Å². The smallest absolute Gasteiger partial charge is 0.0437 e. The Bertz CT molecular complexity index is 3520. The zero-order valence-corrected chi connectivity index (χ0v) is 35.7. The lowest BCUT2D eigenvalue weighted by atomic mass is 9.79. The number of thiophene rings is 1. The molecular weight excluding hydrogens is 753 g/mol. The molecule has 0 unspecified atom stereocenters. The number of hydrogen-bond donors (Lipinski definition) is 0. The molecule has 0 atom stereocenters. The zero-order chi connectivity index (χ0) is 41.0. The van der Waals surface area contributed by atoms with Crippen LogP contribution in [0.5, 0.6) is 0 Å². The third kappa shape index (κ3) is 5.30. The monoisotopic (exact) mass is 796 g/mol. The van der Waals surface area contributed by atoms with Gasteiger partial charge < -0.3 is 0 Å². The van der Waals surface area contributed by atoms with E-state index < -0.39 is 0 Å². The fourth-order valence-corrected chi connectivity index (χ4v) is 12.2. The summed E-state index contributed by atoms with van der Waals surface area (Å²) in [5.41, 5.74) is 18.2. The Morgan fingerprint density at radius 1 is 0.328 bits per heavy atom. The fraction of sp³-hybridized carbons (Fsp3) is 0.100. The van der Waals surface area contributed by atoms with E-state index in [1.165, 1.54) is 120 Å². The number of hydrogen-bond acceptors (Lipinski definition) is 1. The lowest BCUT2D eigenvalue weighted by Crippen LogP contribution is -2.15. The van der Waals surface area contributed by atoms with Gasteiger partial charge in [-0.15, -0.1) is 11.3 Å². The van der Waals surface area contributed by atoms with E-state index in [2.05, 4.69) is 222 Å². The minimum absolute atomic E-state index is 0.134. The molecule has 0 nitrogen and oxygen atoms in total. The van der Waals surface area contributed by atoms with Gasteiger partial charge in [-0.1, -0.05) is 198 Å². The lowest BCUT2D eigenvalue weighted by Gasteiger charge is -2.23. The number of fused-ring (bicyclic) bond motifs is 14. The van der Waals surface area contributed by atoms with Crippen LogP contribution in [0, 0.1) is 0 Å². The Hall–Kier alpha value is -6.80. The highest BCUT2D eigenvalue weighted by Gasteiger charge is 2.40. The van der Waals surface area contributed by atoms with Gasteiger partial charge in [-0.2, -0.15) is 0 Å². The van der Waals surface area contributed by atoms with Crippen molar-refractivity contribution < 1.29 is 0 Å². The van der Waals surface area contributed by atoms with Crippen molar-refractivity contribution in [1.82, 2.24) is 0 Å². The summed E-state index contributed by atoms with van der Waals surface area (Å²) in [6, 6.07) is 72.5. The molecule has 0 N–H and O–H groups in total. The molecular formula is C60H44S. The molecule has 0 radical (unpaired) electrons. The van der Waals surface area contributed by atoms with E-state index in [9.17, 15) is 0 Å². The standard InChI is InChI=1S/C60H44S/c1-59(2)51-33-30-40(42-21-11-6-5-10-20-41(37-18-8-7-9-19-37)43-22-12-13-23-44(42)43)35-49(51)45-31-28-39(36-53(45)59)38-29-32-52-50(34-38)55-46-24-14-15-25-47(46)58-56(57(55)60(52,3)4)48-26-16-17-27-54(48)61-58/h5-36H,1-4H3. The van der Waals surface area contributed by atoms with Crippen LogP contribution in [0.3, 0.4) is 0 Å². The quantitative estimate of drug-likeness (QED) is 0.167.